The first-order chi connectivity index (χ1) is 6.08. The summed E-state index contributed by atoms with van der Waals surface area (Å²) in [5.74, 6) is 0. The summed E-state index contributed by atoms with van der Waals surface area (Å²) in [4.78, 5) is 0. The average molecular weight is 200 g/mol. The van der Waals surface area contributed by atoms with Crippen LogP contribution < -0.4 is 9.86 Å². The molecule has 1 aromatic carbocycles. The maximum atomic E-state index is 10.5. The lowest BCUT2D eigenvalue weighted by Crippen LogP contribution is -2.32. The third-order valence-electron chi connectivity index (χ3n) is 1.56. The van der Waals surface area contributed by atoms with Gasteiger partial charge in [-0.3, -0.25) is 0 Å². The standard InChI is InChI=1S/C8H12N2O2S/c9-13(11,12)10-7-6-8-4-2-1-3-5-8/h1-5,10H,6-7H2,(H2,9,11,12). The summed E-state index contributed by atoms with van der Waals surface area (Å²) >= 11 is 0. The zero-order valence-electron chi connectivity index (χ0n) is 7.10. The molecule has 0 amide bonds. The van der Waals surface area contributed by atoms with Crippen molar-refractivity contribution in [1.29, 1.82) is 0 Å². The number of benzene rings is 1. The molecular weight excluding hydrogens is 188 g/mol. The Morgan fingerprint density at radius 3 is 2.38 bits per heavy atom. The van der Waals surface area contributed by atoms with Crippen molar-refractivity contribution >= 4 is 10.2 Å². The number of hydrogen-bond donors (Lipinski definition) is 2. The van der Waals surface area contributed by atoms with E-state index in [0.29, 0.717) is 13.0 Å². The maximum absolute atomic E-state index is 10.5. The minimum Gasteiger partial charge on any atom is -0.216 e. The Bertz CT molecular complexity index is 348. The van der Waals surface area contributed by atoms with Crippen LogP contribution in [0.2, 0.25) is 0 Å². The molecule has 3 N–H and O–H groups in total. The van der Waals surface area contributed by atoms with Gasteiger partial charge in [0.1, 0.15) is 0 Å². The predicted molar refractivity (Wildman–Crippen MR) is 51.3 cm³/mol. The van der Waals surface area contributed by atoms with Crippen LogP contribution in [-0.2, 0) is 16.6 Å². The fourth-order valence-corrected chi connectivity index (χ4v) is 1.37. The highest BCUT2D eigenvalue weighted by Gasteiger charge is 1.99. The second kappa shape index (κ2) is 4.36. The molecule has 4 nitrogen and oxygen atoms in total. The lowest BCUT2D eigenvalue weighted by Gasteiger charge is -2.01. The van der Waals surface area contributed by atoms with Crippen molar-refractivity contribution in [3.05, 3.63) is 35.9 Å². The van der Waals surface area contributed by atoms with E-state index in [1.165, 1.54) is 0 Å². The molecule has 0 aliphatic carbocycles. The minimum atomic E-state index is -3.54. The smallest absolute Gasteiger partial charge is 0.216 e. The lowest BCUT2D eigenvalue weighted by molar-refractivity contribution is 0.583. The van der Waals surface area contributed by atoms with E-state index in [1.807, 2.05) is 30.3 Å². The largest absolute Gasteiger partial charge is 0.274 e. The van der Waals surface area contributed by atoms with Crippen LogP contribution in [0.25, 0.3) is 0 Å². The van der Waals surface area contributed by atoms with Crippen LogP contribution in [0.1, 0.15) is 5.56 Å². The zero-order chi connectivity index (χ0) is 9.73. The highest BCUT2D eigenvalue weighted by Crippen LogP contribution is 1.97. The van der Waals surface area contributed by atoms with E-state index in [-0.39, 0.29) is 0 Å². The maximum Gasteiger partial charge on any atom is 0.274 e. The first-order valence-electron chi connectivity index (χ1n) is 3.89. The van der Waals surface area contributed by atoms with E-state index in [4.69, 9.17) is 5.14 Å². The Balaban J connectivity index is 2.37. The van der Waals surface area contributed by atoms with Gasteiger partial charge in [-0.1, -0.05) is 30.3 Å². The zero-order valence-corrected chi connectivity index (χ0v) is 7.92. The van der Waals surface area contributed by atoms with Crippen LogP contribution in [0.4, 0.5) is 0 Å². The molecule has 0 spiro atoms. The molecule has 0 saturated carbocycles. The van der Waals surface area contributed by atoms with Crippen LogP contribution in [0, 0.1) is 0 Å². The highest BCUT2D eigenvalue weighted by molar-refractivity contribution is 7.87. The summed E-state index contributed by atoms with van der Waals surface area (Å²) in [7, 11) is -3.54. The van der Waals surface area contributed by atoms with Crippen molar-refractivity contribution in [3.63, 3.8) is 0 Å². The van der Waals surface area contributed by atoms with Crippen molar-refractivity contribution in [2.24, 2.45) is 5.14 Å². The summed E-state index contributed by atoms with van der Waals surface area (Å²) < 4.78 is 23.2. The van der Waals surface area contributed by atoms with Gasteiger partial charge in [0.2, 0.25) is 0 Å². The van der Waals surface area contributed by atoms with E-state index < -0.39 is 10.2 Å². The molecule has 1 rings (SSSR count). The molecule has 13 heavy (non-hydrogen) atoms. The molecule has 0 radical (unpaired) electrons. The molecule has 0 atom stereocenters. The van der Waals surface area contributed by atoms with Crippen LogP contribution in [-0.4, -0.2) is 15.0 Å². The molecule has 0 unspecified atom stereocenters. The quantitative estimate of drug-likeness (QED) is 0.719. The first kappa shape index (κ1) is 10.2. The Hall–Kier alpha value is -0.910. The molecule has 72 valence electrons. The van der Waals surface area contributed by atoms with Crippen molar-refractivity contribution in [2.75, 3.05) is 6.54 Å². The SMILES string of the molecule is NS(=O)(=O)NCCc1ccccc1. The summed E-state index contributed by atoms with van der Waals surface area (Å²) in [6.45, 7) is 0.336. The van der Waals surface area contributed by atoms with Gasteiger partial charge in [0, 0.05) is 6.54 Å². The van der Waals surface area contributed by atoms with E-state index in [0.717, 1.165) is 5.56 Å². The second-order valence-electron chi connectivity index (χ2n) is 2.67. The first-order valence-corrected chi connectivity index (χ1v) is 5.44. The number of nitrogens with one attached hydrogen (secondary N) is 1. The van der Waals surface area contributed by atoms with Gasteiger partial charge in [-0.15, -0.1) is 0 Å². The molecule has 0 heterocycles. The third-order valence-corrected chi connectivity index (χ3v) is 2.17. The summed E-state index contributed by atoms with van der Waals surface area (Å²) in [5, 5.41) is 4.76. The topological polar surface area (TPSA) is 72.2 Å². The van der Waals surface area contributed by atoms with Gasteiger partial charge in [0.25, 0.3) is 10.2 Å². The highest BCUT2D eigenvalue weighted by atomic mass is 32.2. The molecule has 0 aromatic heterocycles. The number of hydrogen-bond acceptors (Lipinski definition) is 2. The van der Waals surface area contributed by atoms with Gasteiger partial charge < -0.3 is 0 Å². The third kappa shape index (κ3) is 4.62. The Morgan fingerprint density at radius 1 is 1.23 bits per heavy atom. The van der Waals surface area contributed by atoms with Crippen molar-refractivity contribution in [1.82, 2.24) is 4.72 Å². The van der Waals surface area contributed by atoms with Crippen molar-refractivity contribution < 1.29 is 8.42 Å². The number of rotatable bonds is 4. The van der Waals surface area contributed by atoms with Crippen LogP contribution >= 0.6 is 0 Å². The molecule has 0 aliphatic heterocycles. The lowest BCUT2D eigenvalue weighted by atomic mass is 10.2. The fraction of sp³-hybridized carbons (Fsp3) is 0.250. The molecule has 0 aliphatic rings. The van der Waals surface area contributed by atoms with Crippen molar-refractivity contribution in [3.8, 4) is 0 Å². The Kier molecular flexibility index (Phi) is 3.41. The van der Waals surface area contributed by atoms with E-state index in [1.54, 1.807) is 0 Å². The van der Waals surface area contributed by atoms with Gasteiger partial charge in [0.15, 0.2) is 0 Å². The molecule has 0 fully saturated rings. The molecule has 5 heteroatoms. The molecule has 0 bridgehead atoms. The van der Waals surface area contributed by atoms with Gasteiger partial charge in [-0.2, -0.15) is 8.42 Å². The monoisotopic (exact) mass is 200 g/mol. The van der Waals surface area contributed by atoms with Gasteiger partial charge in [-0.25, -0.2) is 9.86 Å². The van der Waals surface area contributed by atoms with Crippen LogP contribution in [0.3, 0.4) is 0 Å². The summed E-state index contributed by atoms with van der Waals surface area (Å²) in [6, 6.07) is 9.60. The van der Waals surface area contributed by atoms with Gasteiger partial charge in [0.05, 0.1) is 0 Å². The summed E-state index contributed by atoms with van der Waals surface area (Å²) in [6.07, 6.45) is 0.650. The van der Waals surface area contributed by atoms with E-state index in [2.05, 4.69) is 4.72 Å². The molecular formula is C8H12N2O2S. The Labute approximate surface area is 77.9 Å². The second-order valence-corrected chi connectivity index (χ2v) is 4.05. The molecule has 0 saturated heterocycles. The van der Waals surface area contributed by atoms with E-state index in [9.17, 15) is 8.42 Å². The summed E-state index contributed by atoms with van der Waals surface area (Å²) in [5.41, 5.74) is 1.08. The van der Waals surface area contributed by atoms with Crippen molar-refractivity contribution in [2.45, 2.75) is 6.42 Å². The van der Waals surface area contributed by atoms with E-state index >= 15 is 0 Å². The van der Waals surface area contributed by atoms with Gasteiger partial charge >= 0.3 is 0 Å². The normalized spacial score (nSPS) is 11.5. The van der Waals surface area contributed by atoms with Crippen LogP contribution in [0.15, 0.2) is 30.3 Å². The minimum absolute atomic E-state index is 0.336. The average Bonchev–Trinajstić information content (AvgIpc) is 2.04. The number of nitrogens with two attached hydrogens (primary N) is 1. The molecule has 1 aromatic rings. The fourth-order valence-electron chi connectivity index (χ4n) is 0.982. The Morgan fingerprint density at radius 2 is 1.85 bits per heavy atom. The van der Waals surface area contributed by atoms with Crippen LogP contribution in [0.5, 0.6) is 0 Å². The van der Waals surface area contributed by atoms with Gasteiger partial charge in [-0.05, 0) is 12.0 Å². The predicted octanol–water partition coefficient (Wildman–Crippen LogP) is 0.0222.